The number of unbranched alkanes of at least 4 members (excludes halogenated alkanes) is 15. The molecule has 0 aliphatic carbocycles. The van der Waals surface area contributed by atoms with Crippen LogP contribution < -0.4 is 0 Å². The van der Waals surface area contributed by atoms with E-state index in [1.54, 1.807) is 0 Å². The zero-order chi connectivity index (χ0) is 18.1. The van der Waals surface area contributed by atoms with Crippen LogP contribution in [0.4, 0.5) is 0 Å². The monoisotopic (exact) mass is 356 g/mol. The lowest BCUT2D eigenvalue weighted by molar-refractivity contribution is 0.518. The summed E-state index contributed by atoms with van der Waals surface area (Å²) in [6.07, 6.45) is 23.8. The molecule has 0 bridgehead atoms. The molecule has 144 valence electrons. The van der Waals surface area contributed by atoms with Crippen molar-refractivity contribution in [1.29, 1.82) is 0 Å². The average molecular weight is 357 g/mol. The maximum Gasteiger partial charge on any atom is 0.0621 e. The number of hydrogen-bond donors (Lipinski definition) is 0. The van der Waals surface area contributed by atoms with Crippen LogP contribution in [0, 0.1) is 0 Å². The Kier molecular flexibility index (Phi) is 16.5. The lowest BCUT2D eigenvalue weighted by atomic mass is 9.95. The SMILES string of the molecule is C=C(C)C(C)(Cl)CCCCCCCCCCCCCCCCCC. The highest BCUT2D eigenvalue weighted by atomic mass is 35.5. The third-order valence-corrected chi connectivity index (χ3v) is 5.90. The summed E-state index contributed by atoms with van der Waals surface area (Å²) in [5.41, 5.74) is 1.10. The maximum atomic E-state index is 6.44. The molecule has 0 aromatic rings. The Bertz CT molecular complexity index is 280. The predicted octanol–water partition coefficient (Wildman–Crippen LogP) is 9.21. The molecule has 0 nitrogen and oxygen atoms in total. The van der Waals surface area contributed by atoms with Gasteiger partial charge in [0, 0.05) is 0 Å². The number of rotatable bonds is 18. The average Bonchev–Trinajstić information content (AvgIpc) is 2.54. The third kappa shape index (κ3) is 15.6. The largest absolute Gasteiger partial charge is 0.115 e. The van der Waals surface area contributed by atoms with Crippen molar-refractivity contribution >= 4 is 11.6 Å². The molecule has 0 amide bonds. The maximum absolute atomic E-state index is 6.44. The van der Waals surface area contributed by atoms with E-state index in [0.29, 0.717) is 0 Å². The molecule has 0 heterocycles. The first-order valence-corrected chi connectivity index (χ1v) is 11.2. The Balaban J connectivity index is 3.14. The van der Waals surface area contributed by atoms with Crippen molar-refractivity contribution < 1.29 is 0 Å². The van der Waals surface area contributed by atoms with Crippen molar-refractivity contribution in [2.24, 2.45) is 0 Å². The highest BCUT2D eigenvalue weighted by Crippen LogP contribution is 2.29. The van der Waals surface area contributed by atoms with Crippen molar-refractivity contribution in [2.45, 2.75) is 135 Å². The molecule has 0 aliphatic heterocycles. The summed E-state index contributed by atoms with van der Waals surface area (Å²) in [5.74, 6) is 0. The number of halogens is 1. The van der Waals surface area contributed by atoms with Crippen LogP contribution in [0.2, 0.25) is 0 Å². The van der Waals surface area contributed by atoms with E-state index in [-0.39, 0.29) is 4.87 Å². The molecular weight excluding hydrogens is 312 g/mol. The van der Waals surface area contributed by atoms with Gasteiger partial charge in [0.2, 0.25) is 0 Å². The summed E-state index contributed by atoms with van der Waals surface area (Å²) in [6, 6.07) is 0. The van der Waals surface area contributed by atoms with E-state index in [4.69, 9.17) is 11.6 Å². The van der Waals surface area contributed by atoms with Crippen LogP contribution in [0.5, 0.6) is 0 Å². The third-order valence-electron chi connectivity index (χ3n) is 5.39. The highest BCUT2D eigenvalue weighted by Gasteiger charge is 2.20. The second-order valence-corrected chi connectivity index (χ2v) is 8.87. The number of hydrogen-bond acceptors (Lipinski definition) is 0. The van der Waals surface area contributed by atoms with Gasteiger partial charge in [-0.1, -0.05) is 122 Å². The molecule has 1 heteroatoms. The van der Waals surface area contributed by atoms with Gasteiger partial charge in [0.1, 0.15) is 0 Å². The van der Waals surface area contributed by atoms with Crippen LogP contribution in [0.15, 0.2) is 12.2 Å². The zero-order valence-electron chi connectivity index (χ0n) is 17.1. The fourth-order valence-electron chi connectivity index (χ4n) is 3.22. The number of alkyl halides is 1. The number of allylic oxidation sites excluding steroid dienone is 1. The van der Waals surface area contributed by atoms with Crippen LogP contribution in [0.1, 0.15) is 130 Å². The smallest absolute Gasteiger partial charge is 0.0621 e. The summed E-state index contributed by atoms with van der Waals surface area (Å²) in [4.78, 5) is -0.185. The molecule has 0 aromatic heterocycles. The Hall–Kier alpha value is 0.0300. The van der Waals surface area contributed by atoms with Gasteiger partial charge < -0.3 is 0 Å². The Morgan fingerprint density at radius 1 is 0.667 bits per heavy atom. The van der Waals surface area contributed by atoms with Crippen molar-refractivity contribution in [1.82, 2.24) is 0 Å². The van der Waals surface area contributed by atoms with Gasteiger partial charge in [-0.3, -0.25) is 0 Å². The quantitative estimate of drug-likeness (QED) is 0.130. The van der Waals surface area contributed by atoms with E-state index >= 15 is 0 Å². The minimum atomic E-state index is -0.185. The molecule has 0 spiro atoms. The van der Waals surface area contributed by atoms with Gasteiger partial charge in [-0.25, -0.2) is 0 Å². The summed E-state index contributed by atoms with van der Waals surface area (Å²) in [7, 11) is 0. The second kappa shape index (κ2) is 16.5. The van der Waals surface area contributed by atoms with E-state index in [2.05, 4.69) is 20.4 Å². The molecule has 0 saturated carbocycles. The standard InChI is InChI=1S/C23H45Cl/c1-5-6-7-8-9-10-11-12-13-14-15-16-17-18-19-20-21-23(4,24)22(2)3/h2,5-21H2,1,3-4H3. The fourth-order valence-corrected chi connectivity index (χ4v) is 3.35. The van der Waals surface area contributed by atoms with Crippen molar-refractivity contribution in [3.05, 3.63) is 12.2 Å². The Labute approximate surface area is 158 Å². The lowest BCUT2D eigenvalue weighted by Crippen LogP contribution is -2.16. The topological polar surface area (TPSA) is 0 Å². The molecule has 1 atom stereocenters. The molecular formula is C23H45Cl. The Morgan fingerprint density at radius 3 is 1.25 bits per heavy atom. The second-order valence-electron chi connectivity index (χ2n) is 8.03. The molecule has 0 N–H and O–H groups in total. The van der Waals surface area contributed by atoms with Crippen LogP contribution >= 0.6 is 11.6 Å². The van der Waals surface area contributed by atoms with Gasteiger partial charge in [-0.2, -0.15) is 0 Å². The molecule has 0 rings (SSSR count). The first-order chi connectivity index (χ1) is 11.5. The minimum Gasteiger partial charge on any atom is -0.115 e. The minimum absolute atomic E-state index is 0.185. The van der Waals surface area contributed by atoms with Gasteiger partial charge in [0.05, 0.1) is 4.87 Å². The van der Waals surface area contributed by atoms with Crippen molar-refractivity contribution in [3.8, 4) is 0 Å². The van der Waals surface area contributed by atoms with E-state index in [1.807, 2.05) is 6.92 Å². The molecule has 0 radical (unpaired) electrons. The van der Waals surface area contributed by atoms with Crippen molar-refractivity contribution in [3.63, 3.8) is 0 Å². The normalized spacial score (nSPS) is 13.8. The first-order valence-electron chi connectivity index (χ1n) is 10.9. The van der Waals surface area contributed by atoms with Gasteiger partial charge >= 0.3 is 0 Å². The predicted molar refractivity (Wildman–Crippen MR) is 113 cm³/mol. The van der Waals surface area contributed by atoms with Crippen LogP contribution in [0.25, 0.3) is 0 Å². The van der Waals surface area contributed by atoms with Gasteiger partial charge in [0.15, 0.2) is 0 Å². The fraction of sp³-hybridized carbons (Fsp3) is 0.913. The van der Waals surface area contributed by atoms with Crippen LogP contribution in [-0.2, 0) is 0 Å². The van der Waals surface area contributed by atoms with E-state index < -0.39 is 0 Å². The van der Waals surface area contributed by atoms with Crippen molar-refractivity contribution in [2.75, 3.05) is 0 Å². The molecule has 1 unspecified atom stereocenters. The first kappa shape index (κ1) is 24.0. The lowest BCUT2D eigenvalue weighted by Gasteiger charge is -2.22. The Morgan fingerprint density at radius 2 is 0.958 bits per heavy atom. The van der Waals surface area contributed by atoms with E-state index in [9.17, 15) is 0 Å². The molecule has 0 fully saturated rings. The summed E-state index contributed by atoms with van der Waals surface area (Å²) in [6.45, 7) is 10.4. The zero-order valence-corrected chi connectivity index (χ0v) is 17.9. The molecule has 24 heavy (non-hydrogen) atoms. The summed E-state index contributed by atoms with van der Waals surface area (Å²) >= 11 is 6.44. The van der Waals surface area contributed by atoms with Gasteiger partial charge in [0.25, 0.3) is 0 Å². The van der Waals surface area contributed by atoms with Gasteiger partial charge in [-0.15, -0.1) is 11.6 Å². The highest BCUT2D eigenvalue weighted by molar-refractivity contribution is 6.25. The van der Waals surface area contributed by atoms with Crippen LogP contribution in [-0.4, -0.2) is 4.87 Å². The van der Waals surface area contributed by atoms with Crippen LogP contribution in [0.3, 0.4) is 0 Å². The van der Waals surface area contributed by atoms with E-state index in [1.165, 1.54) is 103 Å². The van der Waals surface area contributed by atoms with E-state index in [0.717, 1.165) is 12.0 Å². The van der Waals surface area contributed by atoms with Gasteiger partial charge in [-0.05, 0) is 20.3 Å². The summed E-state index contributed by atoms with van der Waals surface area (Å²) in [5, 5.41) is 0. The molecule has 0 aliphatic rings. The molecule has 0 aromatic carbocycles. The molecule has 0 saturated heterocycles. The summed E-state index contributed by atoms with van der Waals surface area (Å²) < 4.78 is 0.